The van der Waals surface area contributed by atoms with Gasteiger partial charge in [0.2, 0.25) is 5.91 Å². The standard InChI is InChI=1S/C14H20N2O3S2/c1-21(18,19)14-10-20-8-7-16(14)13(17)9-12(15)11-5-3-2-4-6-11/h2-6,12,14H,7-10,15H2,1H3. The molecule has 2 rings (SSSR count). The first kappa shape index (κ1) is 16.3. The summed E-state index contributed by atoms with van der Waals surface area (Å²) >= 11 is 1.56. The number of carbonyl (C=O) groups is 1. The van der Waals surface area contributed by atoms with Crippen LogP contribution in [0.3, 0.4) is 0 Å². The van der Waals surface area contributed by atoms with E-state index in [1.807, 2.05) is 30.3 Å². The second-order valence-electron chi connectivity index (χ2n) is 5.17. The Morgan fingerprint density at radius 3 is 2.71 bits per heavy atom. The molecular formula is C14H20N2O3S2. The highest BCUT2D eigenvalue weighted by Gasteiger charge is 2.34. The van der Waals surface area contributed by atoms with E-state index in [2.05, 4.69) is 0 Å². The maximum Gasteiger partial charge on any atom is 0.225 e. The summed E-state index contributed by atoms with van der Waals surface area (Å²) in [6.45, 7) is 0.461. The monoisotopic (exact) mass is 328 g/mol. The zero-order valence-electron chi connectivity index (χ0n) is 11.9. The van der Waals surface area contributed by atoms with Crippen molar-refractivity contribution < 1.29 is 13.2 Å². The fourth-order valence-electron chi connectivity index (χ4n) is 2.34. The van der Waals surface area contributed by atoms with E-state index >= 15 is 0 Å². The molecule has 5 nitrogen and oxygen atoms in total. The Hall–Kier alpha value is -1.05. The van der Waals surface area contributed by atoms with E-state index in [4.69, 9.17) is 5.73 Å². The van der Waals surface area contributed by atoms with Crippen molar-refractivity contribution in [2.75, 3.05) is 24.3 Å². The van der Waals surface area contributed by atoms with E-state index in [-0.39, 0.29) is 12.3 Å². The summed E-state index contributed by atoms with van der Waals surface area (Å²) in [7, 11) is -3.28. The topological polar surface area (TPSA) is 80.5 Å². The van der Waals surface area contributed by atoms with Gasteiger partial charge in [0.25, 0.3) is 0 Å². The Bertz CT molecular complexity index is 589. The fraction of sp³-hybridized carbons (Fsp3) is 0.500. The van der Waals surface area contributed by atoms with E-state index in [1.54, 1.807) is 11.8 Å². The summed E-state index contributed by atoms with van der Waals surface area (Å²) < 4.78 is 23.6. The predicted octanol–water partition coefficient (Wildman–Crippen LogP) is 1.02. The lowest BCUT2D eigenvalue weighted by atomic mass is 10.0. The molecule has 0 spiro atoms. The summed E-state index contributed by atoms with van der Waals surface area (Å²) in [6.07, 6.45) is 1.31. The molecule has 7 heteroatoms. The van der Waals surface area contributed by atoms with Crippen molar-refractivity contribution in [1.29, 1.82) is 0 Å². The summed E-state index contributed by atoms with van der Waals surface area (Å²) in [6, 6.07) is 8.97. The van der Waals surface area contributed by atoms with Crippen LogP contribution in [0.15, 0.2) is 30.3 Å². The quantitative estimate of drug-likeness (QED) is 0.892. The number of benzene rings is 1. The Balaban J connectivity index is 2.08. The molecule has 21 heavy (non-hydrogen) atoms. The molecule has 1 fully saturated rings. The van der Waals surface area contributed by atoms with Gasteiger partial charge in [0.05, 0.1) is 0 Å². The molecule has 1 heterocycles. The highest BCUT2D eigenvalue weighted by Crippen LogP contribution is 2.23. The van der Waals surface area contributed by atoms with Crippen LogP contribution in [0.2, 0.25) is 0 Å². The molecule has 0 aromatic heterocycles. The van der Waals surface area contributed by atoms with Crippen molar-refractivity contribution in [3.8, 4) is 0 Å². The van der Waals surface area contributed by atoms with Crippen molar-refractivity contribution in [1.82, 2.24) is 4.90 Å². The van der Waals surface area contributed by atoms with E-state index in [0.717, 1.165) is 11.3 Å². The molecule has 116 valence electrons. The lowest BCUT2D eigenvalue weighted by Crippen LogP contribution is -2.50. The Morgan fingerprint density at radius 1 is 1.43 bits per heavy atom. The SMILES string of the molecule is CS(=O)(=O)C1CSCCN1C(=O)CC(N)c1ccccc1. The zero-order valence-corrected chi connectivity index (χ0v) is 13.6. The number of hydrogen-bond acceptors (Lipinski definition) is 5. The summed E-state index contributed by atoms with van der Waals surface area (Å²) in [4.78, 5) is 13.9. The first-order valence-corrected chi connectivity index (χ1v) is 9.87. The molecule has 2 atom stereocenters. The van der Waals surface area contributed by atoms with Crippen LogP contribution in [0.5, 0.6) is 0 Å². The van der Waals surface area contributed by atoms with Crippen molar-refractivity contribution in [3.05, 3.63) is 35.9 Å². The summed E-state index contributed by atoms with van der Waals surface area (Å²) in [5.41, 5.74) is 6.94. The van der Waals surface area contributed by atoms with Gasteiger partial charge in [-0.1, -0.05) is 30.3 Å². The number of sulfone groups is 1. The van der Waals surface area contributed by atoms with Crippen molar-refractivity contribution in [2.24, 2.45) is 5.73 Å². The van der Waals surface area contributed by atoms with Gasteiger partial charge in [0, 0.05) is 36.8 Å². The first-order valence-electron chi connectivity index (χ1n) is 6.76. The molecule has 0 saturated carbocycles. The number of rotatable bonds is 4. The maximum atomic E-state index is 12.4. The fourth-order valence-corrected chi connectivity index (χ4v) is 5.18. The van der Waals surface area contributed by atoms with Crippen LogP contribution in [0.25, 0.3) is 0 Å². The number of nitrogens with zero attached hydrogens (tertiary/aromatic N) is 1. The van der Waals surface area contributed by atoms with Crippen molar-refractivity contribution in [3.63, 3.8) is 0 Å². The van der Waals surface area contributed by atoms with Crippen LogP contribution in [-0.4, -0.2) is 48.9 Å². The molecule has 0 aliphatic carbocycles. The highest BCUT2D eigenvalue weighted by atomic mass is 32.2. The normalized spacial score (nSPS) is 21.0. The molecule has 1 aliphatic heterocycles. The molecule has 2 unspecified atom stereocenters. The third-order valence-corrected chi connectivity index (χ3v) is 6.16. The minimum Gasteiger partial charge on any atom is -0.324 e. The van der Waals surface area contributed by atoms with E-state index in [9.17, 15) is 13.2 Å². The second-order valence-corrected chi connectivity index (χ2v) is 8.52. The van der Waals surface area contributed by atoms with E-state index in [1.165, 1.54) is 11.2 Å². The smallest absolute Gasteiger partial charge is 0.225 e. The molecule has 2 N–H and O–H groups in total. The molecule has 0 radical (unpaired) electrons. The molecular weight excluding hydrogens is 308 g/mol. The Labute approximate surface area is 129 Å². The predicted molar refractivity (Wildman–Crippen MR) is 85.7 cm³/mol. The third kappa shape index (κ3) is 4.21. The van der Waals surface area contributed by atoms with Gasteiger partial charge in [-0.2, -0.15) is 11.8 Å². The molecule has 1 aromatic carbocycles. The van der Waals surface area contributed by atoms with Gasteiger partial charge in [-0.15, -0.1) is 0 Å². The van der Waals surface area contributed by atoms with Crippen LogP contribution >= 0.6 is 11.8 Å². The third-order valence-electron chi connectivity index (χ3n) is 3.52. The Kier molecular flexibility index (Phi) is 5.29. The average molecular weight is 328 g/mol. The van der Waals surface area contributed by atoms with Crippen molar-refractivity contribution in [2.45, 2.75) is 17.8 Å². The molecule has 1 amide bonds. The first-order chi connectivity index (χ1) is 9.89. The molecule has 0 bridgehead atoms. The second kappa shape index (κ2) is 6.81. The van der Waals surface area contributed by atoms with Gasteiger partial charge in [-0.25, -0.2) is 8.42 Å². The number of hydrogen-bond donors (Lipinski definition) is 1. The molecule has 1 saturated heterocycles. The minimum atomic E-state index is -3.28. The van der Waals surface area contributed by atoms with Crippen LogP contribution in [0, 0.1) is 0 Å². The Morgan fingerprint density at radius 2 is 2.10 bits per heavy atom. The number of carbonyl (C=O) groups excluding carboxylic acids is 1. The molecule has 1 aromatic rings. The van der Waals surface area contributed by atoms with Gasteiger partial charge in [0.15, 0.2) is 9.84 Å². The van der Waals surface area contributed by atoms with Crippen LogP contribution in [0.1, 0.15) is 18.0 Å². The number of nitrogens with two attached hydrogens (primary N) is 1. The number of amides is 1. The van der Waals surface area contributed by atoms with Crippen LogP contribution in [0.4, 0.5) is 0 Å². The summed E-state index contributed by atoms with van der Waals surface area (Å²) in [5, 5.41) is -0.730. The highest BCUT2D eigenvalue weighted by molar-refractivity contribution is 8.00. The van der Waals surface area contributed by atoms with Gasteiger partial charge >= 0.3 is 0 Å². The lowest BCUT2D eigenvalue weighted by molar-refractivity contribution is -0.132. The van der Waals surface area contributed by atoms with Gasteiger partial charge < -0.3 is 10.6 Å². The largest absolute Gasteiger partial charge is 0.324 e. The van der Waals surface area contributed by atoms with Crippen LogP contribution < -0.4 is 5.73 Å². The maximum absolute atomic E-state index is 12.4. The van der Waals surface area contributed by atoms with E-state index in [0.29, 0.717) is 12.3 Å². The van der Waals surface area contributed by atoms with Gasteiger partial charge in [-0.05, 0) is 5.56 Å². The minimum absolute atomic E-state index is 0.126. The summed E-state index contributed by atoms with van der Waals surface area (Å²) in [5.74, 6) is 1.01. The lowest BCUT2D eigenvalue weighted by Gasteiger charge is -2.34. The zero-order chi connectivity index (χ0) is 15.5. The van der Waals surface area contributed by atoms with Gasteiger partial charge in [0.1, 0.15) is 5.37 Å². The van der Waals surface area contributed by atoms with Crippen molar-refractivity contribution >= 4 is 27.5 Å². The van der Waals surface area contributed by atoms with Crippen LogP contribution in [-0.2, 0) is 14.6 Å². The van der Waals surface area contributed by atoms with E-state index < -0.39 is 21.3 Å². The van der Waals surface area contributed by atoms with Gasteiger partial charge in [-0.3, -0.25) is 4.79 Å². The number of thioether (sulfide) groups is 1. The molecule has 1 aliphatic rings. The average Bonchev–Trinajstić information content (AvgIpc) is 2.47.